The molecule has 5 nitrogen and oxygen atoms in total. The van der Waals surface area contributed by atoms with Crippen LogP contribution in [0, 0.1) is 5.92 Å². The number of nitrogen functional groups attached to an aromatic ring is 1. The molecule has 1 saturated carbocycles. The third-order valence-corrected chi connectivity index (χ3v) is 4.19. The minimum Gasteiger partial charge on any atom is -0.382 e. The van der Waals surface area contributed by atoms with Crippen LogP contribution in [-0.2, 0) is 0 Å². The maximum absolute atomic E-state index is 11.3. The number of amides is 1. The number of carbonyl (C=O) groups is 1. The van der Waals surface area contributed by atoms with Crippen molar-refractivity contribution in [3.63, 3.8) is 0 Å². The predicted molar refractivity (Wildman–Crippen MR) is 70.1 cm³/mol. The second kappa shape index (κ2) is 4.91. The van der Waals surface area contributed by atoms with Crippen molar-refractivity contribution >= 4 is 28.3 Å². The monoisotopic (exact) mass is 254 g/mol. The van der Waals surface area contributed by atoms with Crippen LogP contribution in [0.1, 0.15) is 43.0 Å². The molecule has 2 atom stereocenters. The summed E-state index contributed by atoms with van der Waals surface area (Å²) in [5.74, 6) is 0.323. The Labute approximate surface area is 105 Å². The van der Waals surface area contributed by atoms with E-state index in [-0.39, 0.29) is 5.82 Å². The molecular formula is C11H18N4OS. The Morgan fingerprint density at radius 1 is 1.47 bits per heavy atom. The molecule has 1 aromatic heterocycles. The average Bonchev–Trinajstić information content (AvgIpc) is 2.63. The number of rotatable bonds is 3. The summed E-state index contributed by atoms with van der Waals surface area (Å²) in [5, 5.41) is 4.09. The second-order valence-corrected chi connectivity index (χ2v) is 5.42. The lowest BCUT2D eigenvalue weighted by Crippen LogP contribution is -2.30. The van der Waals surface area contributed by atoms with Crippen LogP contribution in [0.2, 0.25) is 0 Å². The van der Waals surface area contributed by atoms with Gasteiger partial charge in [-0.3, -0.25) is 4.79 Å². The lowest BCUT2D eigenvalue weighted by Gasteiger charge is -2.29. The topological polar surface area (TPSA) is 94.0 Å². The van der Waals surface area contributed by atoms with Crippen LogP contribution in [0.3, 0.4) is 0 Å². The van der Waals surface area contributed by atoms with Crippen LogP contribution >= 0.6 is 11.5 Å². The lowest BCUT2D eigenvalue weighted by atomic mass is 9.86. The van der Waals surface area contributed by atoms with Gasteiger partial charge in [-0.2, -0.15) is 4.37 Å². The van der Waals surface area contributed by atoms with Crippen molar-refractivity contribution in [2.24, 2.45) is 11.7 Å². The molecule has 6 heteroatoms. The van der Waals surface area contributed by atoms with E-state index >= 15 is 0 Å². The fraction of sp³-hybridized carbons (Fsp3) is 0.636. The largest absolute Gasteiger partial charge is 0.382 e. The van der Waals surface area contributed by atoms with Gasteiger partial charge in [0.25, 0.3) is 5.91 Å². The summed E-state index contributed by atoms with van der Waals surface area (Å²) in [6.45, 7) is 2.23. The molecular weight excluding hydrogens is 236 g/mol. The first-order chi connectivity index (χ1) is 8.09. The van der Waals surface area contributed by atoms with Crippen LogP contribution in [0.15, 0.2) is 0 Å². The smallest absolute Gasteiger partial charge is 0.255 e. The zero-order chi connectivity index (χ0) is 12.4. The molecule has 1 aliphatic carbocycles. The fourth-order valence-electron chi connectivity index (χ4n) is 2.34. The summed E-state index contributed by atoms with van der Waals surface area (Å²) in [5.41, 5.74) is 11.3. The third kappa shape index (κ3) is 2.52. The summed E-state index contributed by atoms with van der Waals surface area (Å²) >= 11 is 1.21. The van der Waals surface area contributed by atoms with Gasteiger partial charge < -0.3 is 16.8 Å². The number of carbonyl (C=O) groups excluding carboxylic acids is 1. The second-order valence-electron chi connectivity index (χ2n) is 4.65. The van der Waals surface area contributed by atoms with Crippen LogP contribution in [0.5, 0.6) is 0 Å². The SMILES string of the molecule is CC1CCCCC1Nc1snc(N)c1C(N)=O. The Kier molecular flexibility index (Phi) is 3.51. The lowest BCUT2D eigenvalue weighted by molar-refractivity contribution is 0.100. The summed E-state index contributed by atoms with van der Waals surface area (Å²) in [4.78, 5) is 11.3. The predicted octanol–water partition coefficient (Wildman–Crippen LogP) is 1.81. The number of nitrogens with one attached hydrogen (secondary N) is 1. The van der Waals surface area contributed by atoms with E-state index in [1.165, 1.54) is 30.8 Å². The van der Waals surface area contributed by atoms with Gasteiger partial charge in [0.2, 0.25) is 0 Å². The summed E-state index contributed by atoms with van der Waals surface area (Å²) in [6.07, 6.45) is 4.85. The van der Waals surface area contributed by atoms with Crippen LogP contribution in [0.4, 0.5) is 10.8 Å². The van der Waals surface area contributed by atoms with Gasteiger partial charge in [-0.05, 0) is 30.3 Å². The Morgan fingerprint density at radius 2 is 2.18 bits per heavy atom. The van der Waals surface area contributed by atoms with Gasteiger partial charge in [0.05, 0.1) is 0 Å². The maximum atomic E-state index is 11.3. The van der Waals surface area contributed by atoms with E-state index in [0.717, 1.165) is 6.42 Å². The molecule has 1 aromatic rings. The quantitative estimate of drug-likeness (QED) is 0.766. The van der Waals surface area contributed by atoms with Gasteiger partial charge in [0.1, 0.15) is 10.6 Å². The molecule has 94 valence electrons. The zero-order valence-electron chi connectivity index (χ0n) is 9.90. The van der Waals surface area contributed by atoms with E-state index in [1.54, 1.807) is 0 Å². The highest BCUT2D eigenvalue weighted by Gasteiger charge is 2.24. The van der Waals surface area contributed by atoms with Crippen molar-refractivity contribution in [3.05, 3.63) is 5.56 Å². The number of anilines is 2. The van der Waals surface area contributed by atoms with Crippen molar-refractivity contribution in [1.82, 2.24) is 4.37 Å². The van der Waals surface area contributed by atoms with Crippen LogP contribution in [0.25, 0.3) is 0 Å². The molecule has 0 radical (unpaired) electrons. The van der Waals surface area contributed by atoms with Gasteiger partial charge in [-0.15, -0.1) is 0 Å². The molecule has 2 rings (SSSR count). The Morgan fingerprint density at radius 3 is 2.82 bits per heavy atom. The molecule has 2 unspecified atom stereocenters. The molecule has 0 bridgehead atoms. The molecule has 17 heavy (non-hydrogen) atoms. The number of nitrogens with two attached hydrogens (primary N) is 2. The van der Waals surface area contributed by atoms with E-state index in [1.807, 2.05) is 0 Å². The Bertz CT molecular complexity index is 418. The molecule has 5 N–H and O–H groups in total. The summed E-state index contributed by atoms with van der Waals surface area (Å²) in [6, 6.07) is 0.390. The van der Waals surface area contributed by atoms with E-state index in [2.05, 4.69) is 16.6 Å². The van der Waals surface area contributed by atoms with Crippen molar-refractivity contribution in [1.29, 1.82) is 0 Å². The van der Waals surface area contributed by atoms with E-state index in [9.17, 15) is 4.79 Å². The summed E-state index contributed by atoms with van der Waals surface area (Å²) < 4.78 is 3.98. The highest BCUT2D eigenvalue weighted by molar-refractivity contribution is 7.11. The minimum absolute atomic E-state index is 0.230. The van der Waals surface area contributed by atoms with Gasteiger partial charge in [-0.1, -0.05) is 19.8 Å². The molecule has 1 fully saturated rings. The third-order valence-electron chi connectivity index (χ3n) is 3.39. The van der Waals surface area contributed by atoms with Crippen molar-refractivity contribution in [3.8, 4) is 0 Å². The van der Waals surface area contributed by atoms with Crippen LogP contribution < -0.4 is 16.8 Å². The first-order valence-electron chi connectivity index (χ1n) is 5.91. The minimum atomic E-state index is -0.512. The van der Waals surface area contributed by atoms with E-state index in [0.29, 0.717) is 22.5 Å². The molecule has 1 heterocycles. The maximum Gasteiger partial charge on any atom is 0.255 e. The first-order valence-corrected chi connectivity index (χ1v) is 6.68. The number of hydrogen-bond donors (Lipinski definition) is 3. The van der Waals surface area contributed by atoms with Crippen molar-refractivity contribution < 1.29 is 4.79 Å². The van der Waals surface area contributed by atoms with E-state index in [4.69, 9.17) is 11.5 Å². The van der Waals surface area contributed by atoms with Crippen LogP contribution in [-0.4, -0.2) is 16.3 Å². The Hall–Kier alpha value is -1.30. The first kappa shape index (κ1) is 12.2. The molecule has 0 aliphatic heterocycles. The van der Waals surface area contributed by atoms with Crippen molar-refractivity contribution in [2.45, 2.75) is 38.6 Å². The number of primary amides is 1. The fourth-order valence-corrected chi connectivity index (χ4v) is 3.12. The molecule has 0 spiro atoms. The molecule has 0 saturated heterocycles. The standard InChI is InChI=1S/C11H18N4OS/c1-6-4-2-3-5-7(6)14-11-8(10(13)16)9(12)15-17-11/h6-7,14H,2-5H2,1H3,(H2,12,15)(H2,13,16). The van der Waals surface area contributed by atoms with Crippen molar-refractivity contribution in [2.75, 3.05) is 11.1 Å². The van der Waals surface area contributed by atoms with Gasteiger partial charge in [0.15, 0.2) is 5.82 Å². The normalized spacial score (nSPS) is 24.5. The number of aromatic nitrogens is 1. The summed E-state index contributed by atoms with van der Waals surface area (Å²) in [7, 11) is 0. The molecule has 1 aliphatic rings. The van der Waals surface area contributed by atoms with Gasteiger partial charge >= 0.3 is 0 Å². The Balaban J connectivity index is 2.15. The number of nitrogens with zero attached hydrogens (tertiary/aromatic N) is 1. The molecule has 1 amide bonds. The van der Waals surface area contributed by atoms with Gasteiger partial charge in [0, 0.05) is 6.04 Å². The van der Waals surface area contributed by atoms with Gasteiger partial charge in [-0.25, -0.2) is 0 Å². The highest BCUT2D eigenvalue weighted by atomic mass is 32.1. The van der Waals surface area contributed by atoms with E-state index < -0.39 is 5.91 Å². The zero-order valence-corrected chi connectivity index (χ0v) is 10.7. The number of hydrogen-bond acceptors (Lipinski definition) is 5. The molecule has 0 aromatic carbocycles. The highest BCUT2D eigenvalue weighted by Crippen LogP contribution is 2.32. The average molecular weight is 254 g/mol.